The highest BCUT2D eigenvalue weighted by Gasteiger charge is 2.44. The molecule has 0 fully saturated rings. The zero-order valence-corrected chi connectivity index (χ0v) is 11.4. The van der Waals surface area contributed by atoms with Crippen molar-refractivity contribution in [3.05, 3.63) is 27.9 Å². The number of fused-ring (bicyclic) bond motifs is 2. The van der Waals surface area contributed by atoms with E-state index in [1.165, 1.54) is 5.57 Å². The maximum absolute atomic E-state index is 4.66. The number of nitrogens with zero attached hydrogens (tertiary/aromatic N) is 5. The molecule has 2 heterocycles. The quantitative estimate of drug-likeness (QED) is 0.662. The number of hydrazine groups is 1. The Hall–Kier alpha value is -1.71. The molecule has 3 rings (SSSR count). The van der Waals surface area contributed by atoms with Gasteiger partial charge in [-0.05, 0) is 27.7 Å². The van der Waals surface area contributed by atoms with Crippen LogP contribution in [0.1, 0.15) is 27.7 Å². The Morgan fingerprint density at radius 3 is 2.72 bits per heavy atom. The van der Waals surface area contributed by atoms with E-state index in [0.717, 1.165) is 22.7 Å². The van der Waals surface area contributed by atoms with Gasteiger partial charge >= 0.3 is 0 Å². The van der Waals surface area contributed by atoms with Crippen molar-refractivity contribution in [2.24, 2.45) is 10.1 Å². The second-order valence-corrected chi connectivity index (χ2v) is 5.18. The fourth-order valence-electron chi connectivity index (χ4n) is 2.89. The van der Waals surface area contributed by atoms with Crippen LogP contribution in [0.25, 0.3) is 5.32 Å². The fraction of sp³-hybridized carbons (Fsp3) is 0.538. The van der Waals surface area contributed by atoms with E-state index in [4.69, 9.17) is 0 Å². The highest BCUT2D eigenvalue weighted by molar-refractivity contribution is 6.10. The third-order valence-electron chi connectivity index (χ3n) is 3.71. The van der Waals surface area contributed by atoms with Gasteiger partial charge in [0.25, 0.3) is 0 Å². The van der Waals surface area contributed by atoms with Crippen LogP contribution < -0.4 is 0 Å². The third kappa shape index (κ3) is 1.29. The van der Waals surface area contributed by atoms with Crippen LogP contribution in [0, 0.1) is 0 Å². The summed E-state index contributed by atoms with van der Waals surface area (Å²) in [6, 6.07) is 0.574. The van der Waals surface area contributed by atoms with Crippen molar-refractivity contribution in [3.63, 3.8) is 0 Å². The van der Waals surface area contributed by atoms with E-state index < -0.39 is 0 Å². The van der Waals surface area contributed by atoms with Gasteiger partial charge in [-0.25, -0.2) is 5.12 Å². The summed E-state index contributed by atoms with van der Waals surface area (Å²) < 4.78 is 0. The van der Waals surface area contributed by atoms with E-state index in [1.54, 1.807) is 0 Å². The number of aliphatic imine (C=N–C) groups is 1. The maximum Gasteiger partial charge on any atom is 0.129 e. The molecule has 0 aromatic rings. The van der Waals surface area contributed by atoms with Crippen LogP contribution in [0.15, 0.2) is 32.6 Å². The standard InChI is InChI=1S/C13H17N5/c1-7(2)18-13-9(4)11-10(14-6-15-11)8(3)12(13)16-17(18)5/h7,13H,1-5H3. The molecule has 0 bridgehead atoms. The second kappa shape index (κ2) is 3.64. The molecule has 1 atom stereocenters. The van der Waals surface area contributed by atoms with Gasteiger partial charge in [0, 0.05) is 30.6 Å². The molecule has 0 spiro atoms. The van der Waals surface area contributed by atoms with E-state index in [-0.39, 0.29) is 6.04 Å². The molecule has 0 saturated heterocycles. The molecule has 18 heavy (non-hydrogen) atoms. The Labute approximate surface area is 108 Å². The lowest BCUT2D eigenvalue weighted by atomic mass is 9.88. The van der Waals surface area contributed by atoms with Crippen LogP contribution in [-0.2, 0) is 0 Å². The van der Waals surface area contributed by atoms with E-state index >= 15 is 0 Å². The van der Waals surface area contributed by atoms with Gasteiger partial charge in [-0.3, -0.25) is 10.3 Å². The van der Waals surface area contributed by atoms with E-state index in [9.17, 15) is 0 Å². The Morgan fingerprint density at radius 1 is 1.33 bits per heavy atom. The van der Waals surface area contributed by atoms with Gasteiger partial charge in [-0.15, -0.1) is 0 Å². The first-order valence-electron chi connectivity index (χ1n) is 6.21. The van der Waals surface area contributed by atoms with Crippen molar-refractivity contribution in [3.8, 4) is 0 Å². The average Bonchev–Trinajstić information content (AvgIpc) is 2.89. The number of rotatable bonds is 1. The molecule has 0 aromatic heterocycles. The van der Waals surface area contributed by atoms with Crippen LogP contribution in [0.5, 0.6) is 0 Å². The van der Waals surface area contributed by atoms with Crippen LogP contribution >= 0.6 is 0 Å². The summed E-state index contributed by atoms with van der Waals surface area (Å²) >= 11 is 0. The van der Waals surface area contributed by atoms with Crippen molar-refractivity contribution >= 4 is 12.1 Å². The smallest absolute Gasteiger partial charge is 0.129 e. The summed E-state index contributed by atoms with van der Waals surface area (Å²) in [5, 5.41) is 13.1. The molecule has 5 nitrogen and oxygen atoms in total. The zero-order chi connectivity index (χ0) is 13.0. The molecular formula is C13H17N5. The number of hydrogen-bond donors (Lipinski definition) is 0. The predicted octanol–water partition coefficient (Wildman–Crippen LogP) is 2.14. The van der Waals surface area contributed by atoms with Gasteiger partial charge < -0.3 is 0 Å². The van der Waals surface area contributed by atoms with Gasteiger partial charge in [0.2, 0.25) is 0 Å². The largest absolute Gasteiger partial charge is 0.256 e. The zero-order valence-electron chi connectivity index (χ0n) is 11.4. The summed E-state index contributed by atoms with van der Waals surface area (Å²) in [6.07, 6.45) is 2.72. The summed E-state index contributed by atoms with van der Waals surface area (Å²) in [5.74, 6) is 0. The Bertz CT molecular complexity index is 523. The lowest BCUT2D eigenvalue weighted by Crippen LogP contribution is -2.47. The lowest BCUT2D eigenvalue weighted by molar-refractivity contribution is -0.0148. The van der Waals surface area contributed by atoms with E-state index in [2.05, 4.69) is 54.5 Å². The molecule has 1 aliphatic carbocycles. The van der Waals surface area contributed by atoms with Crippen molar-refractivity contribution in [1.29, 1.82) is 0 Å². The van der Waals surface area contributed by atoms with Crippen LogP contribution in [0.4, 0.5) is 0 Å². The minimum Gasteiger partial charge on any atom is -0.256 e. The Morgan fingerprint density at radius 2 is 2.06 bits per heavy atom. The van der Waals surface area contributed by atoms with Crippen LogP contribution in [-0.4, -0.2) is 41.3 Å². The topological polar surface area (TPSA) is 45.3 Å². The minimum atomic E-state index is 0.188. The first-order valence-corrected chi connectivity index (χ1v) is 6.21. The summed E-state index contributed by atoms with van der Waals surface area (Å²) in [5.41, 5.74) is 5.31. The number of hydrazone groups is 1. The van der Waals surface area contributed by atoms with Crippen molar-refractivity contribution < 1.29 is 0 Å². The Kier molecular flexibility index (Phi) is 2.30. The van der Waals surface area contributed by atoms with E-state index in [1.807, 2.05) is 12.2 Å². The Balaban J connectivity index is 2.14. The molecule has 0 aromatic carbocycles. The molecule has 0 amide bonds. The van der Waals surface area contributed by atoms with Gasteiger partial charge in [-0.1, -0.05) is 0 Å². The van der Waals surface area contributed by atoms with Crippen LogP contribution in [0.3, 0.4) is 0 Å². The van der Waals surface area contributed by atoms with Gasteiger partial charge in [0.05, 0.1) is 0 Å². The summed E-state index contributed by atoms with van der Waals surface area (Å²) in [7, 11) is 1.99. The predicted molar refractivity (Wildman–Crippen MR) is 72.2 cm³/mol. The van der Waals surface area contributed by atoms with Crippen molar-refractivity contribution in [2.45, 2.75) is 39.8 Å². The van der Waals surface area contributed by atoms with Crippen molar-refractivity contribution in [1.82, 2.24) is 10.1 Å². The van der Waals surface area contributed by atoms with Crippen LogP contribution in [0.2, 0.25) is 0 Å². The molecule has 0 N–H and O–H groups in total. The maximum atomic E-state index is 4.66. The van der Waals surface area contributed by atoms with Crippen molar-refractivity contribution in [2.75, 3.05) is 7.05 Å². The van der Waals surface area contributed by atoms with Gasteiger partial charge in [0.15, 0.2) is 0 Å². The minimum absolute atomic E-state index is 0.188. The lowest BCUT2D eigenvalue weighted by Gasteiger charge is -2.34. The van der Waals surface area contributed by atoms with E-state index in [0.29, 0.717) is 6.04 Å². The molecule has 3 aliphatic rings. The average molecular weight is 243 g/mol. The summed E-state index contributed by atoms with van der Waals surface area (Å²) in [6.45, 7) is 8.53. The molecule has 0 radical (unpaired) electrons. The molecular weight excluding hydrogens is 226 g/mol. The highest BCUT2D eigenvalue weighted by atomic mass is 15.8. The second-order valence-electron chi connectivity index (χ2n) is 5.18. The highest BCUT2D eigenvalue weighted by Crippen LogP contribution is 2.40. The molecule has 1 unspecified atom stereocenters. The molecule has 5 heteroatoms. The molecule has 94 valence electrons. The monoisotopic (exact) mass is 243 g/mol. The normalized spacial score (nSPS) is 26.4. The first-order chi connectivity index (χ1) is 8.52. The summed E-state index contributed by atoms with van der Waals surface area (Å²) in [4.78, 5) is 4.23. The SMILES string of the molecule is CC1=C2N=[C+][N-]C2=C(C)C2C1=NN(C)N2C(C)C. The van der Waals surface area contributed by atoms with Gasteiger partial charge in [-0.2, -0.15) is 10.1 Å². The first kappa shape index (κ1) is 11.4. The molecule has 2 aliphatic heterocycles. The third-order valence-corrected chi connectivity index (χ3v) is 3.71. The molecule has 0 saturated carbocycles. The van der Waals surface area contributed by atoms with Gasteiger partial charge in [0.1, 0.15) is 23.1 Å². The fourth-order valence-corrected chi connectivity index (χ4v) is 2.89. The number of hydrogen-bond acceptors (Lipinski definition) is 4.